The number of rotatable bonds is 7. The molecule has 0 bridgehead atoms. The van der Waals surface area contributed by atoms with E-state index in [1.807, 2.05) is 13.8 Å². The minimum Gasteiger partial charge on any atom is -0.481 e. The van der Waals surface area contributed by atoms with Crippen molar-refractivity contribution in [3.8, 4) is 0 Å². The SMILES string of the molecule is CC(C)CC(CNCc1cc(C(F)(F)F)ccc1F)C(=O)O. The van der Waals surface area contributed by atoms with Gasteiger partial charge in [-0.25, -0.2) is 4.39 Å². The molecule has 0 aromatic heterocycles. The first-order chi connectivity index (χ1) is 10.1. The Morgan fingerprint density at radius 3 is 2.45 bits per heavy atom. The Morgan fingerprint density at radius 2 is 1.95 bits per heavy atom. The highest BCUT2D eigenvalue weighted by atomic mass is 19.4. The van der Waals surface area contributed by atoms with Crippen molar-refractivity contribution in [1.29, 1.82) is 0 Å². The highest BCUT2D eigenvalue weighted by Crippen LogP contribution is 2.30. The maximum atomic E-state index is 13.5. The van der Waals surface area contributed by atoms with Crippen molar-refractivity contribution in [2.24, 2.45) is 11.8 Å². The quantitative estimate of drug-likeness (QED) is 0.753. The van der Waals surface area contributed by atoms with Crippen LogP contribution in [0.2, 0.25) is 0 Å². The number of hydrogen-bond donors (Lipinski definition) is 2. The Labute approximate surface area is 126 Å². The third-order valence-corrected chi connectivity index (χ3v) is 3.18. The van der Waals surface area contributed by atoms with Gasteiger partial charge in [-0.15, -0.1) is 0 Å². The third-order valence-electron chi connectivity index (χ3n) is 3.18. The molecule has 1 aromatic rings. The second-order valence-electron chi connectivity index (χ2n) is 5.60. The van der Waals surface area contributed by atoms with Crippen molar-refractivity contribution >= 4 is 5.97 Å². The molecule has 1 aromatic carbocycles. The molecule has 0 amide bonds. The minimum absolute atomic E-state index is 0.0726. The van der Waals surface area contributed by atoms with Crippen LogP contribution >= 0.6 is 0 Å². The molecule has 0 saturated heterocycles. The summed E-state index contributed by atoms with van der Waals surface area (Å²) in [5, 5.41) is 11.8. The summed E-state index contributed by atoms with van der Waals surface area (Å²) in [6.45, 7) is 3.67. The molecule has 7 heteroatoms. The Kier molecular flexibility index (Phi) is 6.34. The van der Waals surface area contributed by atoms with Crippen LogP contribution in [0.3, 0.4) is 0 Å². The highest BCUT2D eigenvalue weighted by Gasteiger charge is 2.31. The van der Waals surface area contributed by atoms with Crippen LogP contribution in [0.1, 0.15) is 31.4 Å². The Bertz CT molecular complexity index is 515. The lowest BCUT2D eigenvalue weighted by molar-refractivity contribution is -0.142. The number of carbonyl (C=O) groups is 1. The fourth-order valence-corrected chi connectivity index (χ4v) is 2.11. The summed E-state index contributed by atoms with van der Waals surface area (Å²) in [6, 6.07) is 2.18. The molecule has 3 nitrogen and oxygen atoms in total. The predicted octanol–water partition coefficient (Wildman–Crippen LogP) is 3.68. The van der Waals surface area contributed by atoms with E-state index in [0.717, 1.165) is 12.1 Å². The van der Waals surface area contributed by atoms with Crippen LogP contribution in [-0.2, 0) is 17.5 Å². The summed E-state index contributed by atoms with van der Waals surface area (Å²) in [6.07, 6.45) is -4.10. The van der Waals surface area contributed by atoms with Crippen LogP contribution in [-0.4, -0.2) is 17.6 Å². The average molecular weight is 321 g/mol. The standard InChI is InChI=1S/C15H19F4NO2/c1-9(2)5-11(14(21)22)8-20-7-10-6-12(15(17,18)19)3-4-13(10)16/h3-4,6,9,11,20H,5,7-8H2,1-2H3,(H,21,22). The summed E-state index contributed by atoms with van der Waals surface area (Å²) in [5.74, 6) is -2.22. The molecule has 0 saturated carbocycles. The van der Waals surface area contributed by atoms with Gasteiger partial charge in [0.2, 0.25) is 0 Å². The number of carboxylic acid groups (broad SMARTS) is 1. The monoisotopic (exact) mass is 321 g/mol. The van der Waals surface area contributed by atoms with Gasteiger partial charge < -0.3 is 10.4 Å². The summed E-state index contributed by atoms with van der Waals surface area (Å²) in [4.78, 5) is 11.1. The topological polar surface area (TPSA) is 49.3 Å². The van der Waals surface area contributed by atoms with Crippen molar-refractivity contribution in [3.63, 3.8) is 0 Å². The maximum absolute atomic E-state index is 13.5. The van der Waals surface area contributed by atoms with E-state index in [-0.39, 0.29) is 24.6 Å². The average Bonchev–Trinajstić information content (AvgIpc) is 2.37. The molecule has 0 radical (unpaired) electrons. The van der Waals surface area contributed by atoms with Crippen LogP contribution in [0.4, 0.5) is 17.6 Å². The zero-order valence-electron chi connectivity index (χ0n) is 12.4. The molecule has 0 aliphatic rings. The summed E-state index contributed by atoms with van der Waals surface area (Å²) >= 11 is 0. The molecule has 1 unspecified atom stereocenters. The van der Waals surface area contributed by atoms with Crippen LogP contribution in [0, 0.1) is 17.7 Å². The Morgan fingerprint density at radius 1 is 1.32 bits per heavy atom. The van der Waals surface area contributed by atoms with E-state index < -0.39 is 29.4 Å². The van der Waals surface area contributed by atoms with Crippen LogP contribution in [0.25, 0.3) is 0 Å². The molecule has 0 aliphatic heterocycles. The van der Waals surface area contributed by atoms with Gasteiger partial charge in [0.15, 0.2) is 0 Å². The van der Waals surface area contributed by atoms with Gasteiger partial charge >= 0.3 is 12.1 Å². The molecule has 0 spiro atoms. The van der Waals surface area contributed by atoms with Gasteiger partial charge in [-0.05, 0) is 30.5 Å². The Balaban J connectivity index is 2.69. The van der Waals surface area contributed by atoms with Crippen LogP contribution in [0.15, 0.2) is 18.2 Å². The van der Waals surface area contributed by atoms with E-state index in [4.69, 9.17) is 5.11 Å². The van der Waals surface area contributed by atoms with E-state index >= 15 is 0 Å². The molecule has 2 N–H and O–H groups in total. The molecule has 1 atom stereocenters. The number of benzene rings is 1. The van der Waals surface area contributed by atoms with E-state index in [1.165, 1.54) is 0 Å². The lowest BCUT2D eigenvalue weighted by atomic mass is 9.97. The van der Waals surface area contributed by atoms with E-state index in [2.05, 4.69) is 5.32 Å². The number of hydrogen-bond acceptors (Lipinski definition) is 2. The zero-order valence-corrected chi connectivity index (χ0v) is 12.4. The Hall–Kier alpha value is -1.63. The van der Waals surface area contributed by atoms with Gasteiger partial charge in [-0.1, -0.05) is 13.8 Å². The fraction of sp³-hybridized carbons (Fsp3) is 0.533. The van der Waals surface area contributed by atoms with Gasteiger partial charge in [0.25, 0.3) is 0 Å². The van der Waals surface area contributed by atoms with Crippen molar-refractivity contribution < 1.29 is 27.5 Å². The molecular formula is C15H19F4NO2. The lowest BCUT2D eigenvalue weighted by Crippen LogP contribution is -2.29. The normalized spacial score (nSPS) is 13.4. The molecule has 22 heavy (non-hydrogen) atoms. The largest absolute Gasteiger partial charge is 0.481 e. The lowest BCUT2D eigenvalue weighted by Gasteiger charge is -2.16. The van der Waals surface area contributed by atoms with Crippen molar-refractivity contribution in [2.45, 2.75) is 33.0 Å². The fourth-order valence-electron chi connectivity index (χ4n) is 2.11. The molecule has 124 valence electrons. The van der Waals surface area contributed by atoms with E-state index in [9.17, 15) is 22.4 Å². The van der Waals surface area contributed by atoms with Gasteiger partial charge in [-0.2, -0.15) is 13.2 Å². The van der Waals surface area contributed by atoms with Crippen molar-refractivity contribution in [3.05, 3.63) is 35.1 Å². The first kappa shape index (κ1) is 18.4. The maximum Gasteiger partial charge on any atom is 0.416 e. The van der Waals surface area contributed by atoms with Gasteiger partial charge in [-0.3, -0.25) is 4.79 Å². The number of alkyl halides is 3. The number of nitrogens with one attached hydrogen (secondary N) is 1. The molecule has 0 fully saturated rings. The molecule has 0 aliphatic carbocycles. The smallest absolute Gasteiger partial charge is 0.416 e. The molecule has 1 rings (SSSR count). The predicted molar refractivity (Wildman–Crippen MR) is 73.7 cm³/mol. The van der Waals surface area contributed by atoms with Crippen molar-refractivity contribution in [1.82, 2.24) is 5.32 Å². The first-order valence-electron chi connectivity index (χ1n) is 6.90. The second-order valence-corrected chi connectivity index (χ2v) is 5.60. The van der Waals surface area contributed by atoms with Crippen molar-refractivity contribution in [2.75, 3.05) is 6.54 Å². The summed E-state index contributed by atoms with van der Waals surface area (Å²) in [5.41, 5.74) is -1.06. The van der Waals surface area contributed by atoms with Gasteiger partial charge in [0, 0.05) is 18.7 Å². The number of aliphatic carboxylic acids is 1. The number of carboxylic acids is 1. The van der Waals surface area contributed by atoms with Crippen LogP contribution < -0.4 is 5.32 Å². The minimum atomic E-state index is -4.54. The molecular weight excluding hydrogens is 302 g/mol. The molecule has 0 heterocycles. The summed E-state index contributed by atoms with van der Waals surface area (Å²) in [7, 11) is 0. The second kappa shape index (κ2) is 7.58. The van der Waals surface area contributed by atoms with Gasteiger partial charge in [0.05, 0.1) is 11.5 Å². The third kappa shape index (κ3) is 5.63. The van der Waals surface area contributed by atoms with Crippen LogP contribution in [0.5, 0.6) is 0 Å². The van der Waals surface area contributed by atoms with E-state index in [1.54, 1.807) is 0 Å². The van der Waals surface area contributed by atoms with E-state index in [0.29, 0.717) is 12.5 Å². The zero-order chi connectivity index (χ0) is 16.9. The van der Waals surface area contributed by atoms with Gasteiger partial charge in [0.1, 0.15) is 5.82 Å². The highest BCUT2D eigenvalue weighted by molar-refractivity contribution is 5.70. The summed E-state index contributed by atoms with van der Waals surface area (Å²) < 4.78 is 51.3. The number of halogens is 4. The first-order valence-corrected chi connectivity index (χ1v) is 6.90.